The van der Waals surface area contributed by atoms with E-state index in [2.05, 4.69) is 12.1 Å². The molecule has 3 aromatic rings. The van der Waals surface area contributed by atoms with Gasteiger partial charge >= 0.3 is 0 Å². The highest BCUT2D eigenvalue weighted by Gasteiger charge is 2.17. The van der Waals surface area contributed by atoms with Crippen LogP contribution in [-0.2, 0) is 12.8 Å². The quantitative estimate of drug-likeness (QED) is 0.387. The number of carbonyl (C=O) groups is 1. The smallest absolute Gasteiger partial charge is 0.193 e. The predicted octanol–water partition coefficient (Wildman–Crippen LogP) is 5.10. The Morgan fingerprint density at radius 2 is 1.61 bits per heavy atom. The first kappa shape index (κ1) is 22.0. The van der Waals surface area contributed by atoms with E-state index >= 15 is 0 Å². The Labute approximate surface area is 182 Å². The lowest BCUT2D eigenvalue weighted by Crippen LogP contribution is -2.00. The molecule has 0 spiro atoms. The van der Waals surface area contributed by atoms with Crippen molar-refractivity contribution in [1.82, 2.24) is 0 Å². The fourth-order valence-corrected chi connectivity index (χ4v) is 3.35. The monoisotopic (exact) mass is 418 g/mol. The van der Waals surface area contributed by atoms with Gasteiger partial charge in [-0.1, -0.05) is 48.5 Å². The molecule has 0 saturated carbocycles. The van der Waals surface area contributed by atoms with Crippen LogP contribution >= 0.6 is 0 Å². The summed E-state index contributed by atoms with van der Waals surface area (Å²) in [7, 11) is 4.56. The minimum atomic E-state index is -0.371. The van der Waals surface area contributed by atoms with E-state index in [-0.39, 0.29) is 22.8 Å². The predicted molar refractivity (Wildman–Crippen MR) is 121 cm³/mol. The zero-order valence-electron chi connectivity index (χ0n) is 17.9. The highest BCUT2D eigenvalue weighted by molar-refractivity contribution is 6.10. The lowest BCUT2D eigenvalue weighted by atomic mass is 10.0. The van der Waals surface area contributed by atoms with E-state index in [0.717, 1.165) is 29.7 Å². The van der Waals surface area contributed by atoms with Crippen molar-refractivity contribution >= 4 is 11.9 Å². The molecule has 5 nitrogen and oxygen atoms in total. The van der Waals surface area contributed by atoms with Crippen molar-refractivity contribution in [2.45, 2.75) is 12.8 Å². The average molecular weight is 418 g/mol. The van der Waals surface area contributed by atoms with E-state index in [4.69, 9.17) is 14.2 Å². The third-order valence-electron chi connectivity index (χ3n) is 5.02. The molecular formula is C26H26O5. The highest BCUT2D eigenvalue weighted by Crippen LogP contribution is 2.34. The Hall–Kier alpha value is -3.73. The summed E-state index contributed by atoms with van der Waals surface area (Å²) in [5.74, 6) is 0.866. The molecular weight excluding hydrogens is 392 g/mol. The fraction of sp³-hybridized carbons (Fsp3) is 0.192. The Bertz CT molecular complexity index is 1070. The van der Waals surface area contributed by atoms with Crippen LogP contribution in [0.4, 0.5) is 0 Å². The largest absolute Gasteiger partial charge is 0.507 e. The molecule has 31 heavy (non-hydrogen) atoms. The summed E-state index contributed by atoms with van der Waals surface area (Å²) >= 11 is 0. The topological polar surface area (TPSA) is 65.0 Å². The number of benzene rings is 3. The van der Waals surface area contributed by atoms with E-state index in [1.807, 2.05) is 36.4 Å². The van der Waals surface area contributed by atoms with Gasteiger partial charge in [0.25, 0.3) is 0 Å². The van der Waals surface area contributed by atoms with Crippen molar-refractivity contribution in [3.05, 3.63) is 89.0 Å². The molecule has 0 amide bonds. The van der Waals surface area contributed by atoms with Crippen molar-refractivity contribution in [3.63, 3.8) is 0 Å². The first-order valence-electron chi connectivity index (χ1n) is 9.94. The molecule has 3 aromatic carbocycles. The summed E-state index contributed by atoms with van der Waals surface area (Å²) in [6, 6.07) is 19.1. The molecule has 0 saturated heterocycles. The summed E-state index contributed by atoms with van der Waals surface area (Å²) < 4.78 is 15.9. The molecule has 0 bridgehead atoms. The van der Waals surface area contributed by atoms with Crippen LogP contribution in [0.15, 0.2) is 66.7 Å². The first-order chi connectivity index (χ1) is 15.0. The number of rotatable bonds is 9. The Kier molecular flexibility index (Phi) is 7.33. The zero-order valence-corrected chi connectivity index (χ0v) is 17.9. The Morgan fingerprint density at radius 1 is 0.871 bits per heavy atom. The fourth-order valence-electron chi connectivity index (χ4n) is 3.35. The third-order valence-corrected chi connectivity index (χ3v) is 5.02. The number of aromatic hydroxyl groups is 1. The van der Waals surface area contributed by atoms with Crippen molar-refractivity contribution < 1.29 is 24.1 Å². The normalized spacial score (nSPS) is 10.8. The molecule has 1 N–H and O–H groups in total. The van der Waals surface area contributed by atoms with E-state index in [1.54, 1.807) is 19.3 Å². The number of ketones is 1. The number of phenols is 1. The van der Waals surface area contributed by atoms with Crippen LogP contribution in [0.5, 0.6) is 23.0 Å². The maximum Gasteiger partial charge on any atom is 0.193 e. The Morgan fingerprint density at radius 3 is 2.29 bits per heavy atom. The van der Waals surface area contributed by atoms with Gasteiger partial charge < -0.3 is 19.3 Å². The van der Waals surface area contributed by atoms with Crippen molar-refractivity contribution in [3.8, 4) is 23.0 Å². The van der Waals surface area contributed by atoms with Crippen molar-refractivity contribution in [2.75, 3.05) is 21.3 Å². The molecule has 0 aromatic heterocycles. The zero-order chi connectivity index (χ0) is 22.2. The lowest BCUT2D eigenvalue weighted by Gasteiger charge is -2.11. The van der Waals surface area contributed by atoms with Crippen LogP contribution in [0, 0.1) is 0 Å². The second-order valence-corrected chi connectivity index (χ2v) is 6.98. The Balaban J connectivity index is 1.77. The summed E-state index contributed by atoms with van der Waals surface area (Å²) in [4.78, 5) is 12.7. The number of carbonyl (C=O) groups excluding carboxylic acids is 1. The molecule has 0 unspecified atom stereocenters. The number of hydrogen-bond donors (Lipinski definition) is 1. The number of allylic oxidation sites excluding steroid dienone is 1. The van der Waals surface area contributed by atoms with Crippen LogP contribution in [0.3, 0.4) is 0 Å². The number of phenolic OH excluding ortho intramolecular Hbond substituents is 1. The molecule has 160 valence electrons. The third kappa shape index (κ3) is 5.45. The van der Waals surface area contributed by atoms with Gasteiger partial charge in [0.15, 0.2) is 5.78 Å². The summed E-state index contributed by atoms with van der Waals surface area (Å²) in [5.41, 5.74) is 3.28. The van der Waals surface area contributed by atoms with Gasteiger partial charge in [-0.3, -0.25) is 4.79 Å². The van der Waals surface area contributed by atoms with E-state index in [0.29, 0.717) is 5.75 Å². The van der Waals surface area contributed by atoms with Gasteiger partial charge in [-0.15, -0.1) is 0 Å². The molecule has 0 aliphatic carbocycles. The van der Waals surface area contributed by atoms with Gasteiger partial charge in [-0.2, -0.15) is 0 Å². The van der Waals surface area contributed by atoms with Crippen molar-refractivity contribution in [1.29, 1.82) is 0 Å². The minimum absolute atomic E-state index is 0.0889. The van der Waals surface area contributed by atoms with Crippen LogP contribution in [0.25, 0.3) is 6.08 Å². The van der Waals surface area contributed by atoms with E-state index in [1.165, 1.54) is 31.9 Å². The molecule has 3 rings (SSSR count). The van der Waals surface area contributed by atoms with Gasteiger partial charge in [0, 0.05) is 12.1 Å². The molecule has 0 aliphatic heterocycles. The summed E-state index contributed by atoms with van der Waals surface area (Å²) in [5, 5.41) is 10.2. The molecule has 5 heteroatoms. The van der Waals surface area contributed by atoms with Crippen LogP contribution in [0.2, 0.25) is 0 Å². The molecule has 0 radical (unpaired) electrons. The number of aryl methyl sites for hydroxylation is 2. The maximum atomic E-state index is 12.7. The van der Waals surface area contributed by atoms with E-state index < -0.39 is 0 Å². The average Bonchev–Trinajstić information content (AvgIpc) is 2.81. The summed E-state index contributed by atoms with van der Waals surface area (Å²) in [6.07, 6.45) is 4.87. The van der Waals surface area contributed by atoms with Gasteiger partial charge in [-0.25, -0.2) is 0 Å². The molecule has 0 atom stereocenters. The van der Waals surface area contributed by atoms with Gasteiger partial charge in [-0.05, 0) is 41.7 Å². The molecule has 0 heterocycles. The minimum Gasteiger partial charge on any atom is -0.507 e. The second kappa shape index (κ2) is 10.3. The number of hydrogen-bond acceptors (Lipinski definition) is 5. The first-order valence-corrected chi connectivity index (χ1v) is 9.94. The standard InChI is InChI=1S/C26H26O5/c1-29-21-16-23(28)26(25(17-21)31-3)22(27)14-11-19-10-13-20(24(15-19)30-2)12-9-18-7-5-4-6-8-18/h4-8,10-11,13-17,28H,9,12H2,1-3H3/b14-11+. The SMILES string of the molecule is COc1cc(O)c(C(=O)/C=C/c2ccc(CCc3ccccc3)c(OC)c2)c(OC)c1. The molecule has 0 aliphatic rings. The van der Waals surface area contributed by atoms with E-state index in [9.17, 15) is 9.90 Å². The van der Waals surface area contributed by atoms with Crippen LogP contribution < -0.4 is 14.2 Å². The number of ether oxygens (including phenoxy) is 3. The highest BCUT2D eigenvalue weighted by atomic mass is 16.5. The maximum absolute atomic E-state index is 12.7. The summed E-state index contributed by atoms with van der Waals surface area (Å²) in [6.45, 7) is 0. The van der Waals surface area contributed by atoms with Crippen molar-refractivity contribution in [2.24, 2.45) is 0 Å². The van der Waals surface area contributed by atoms with Gasteiger partial charge in [0.2, 0.25) is 0 Å². The molecule has 0 fully saturated rings. The van der Waals surface area contributed by atoms with Crippen LogP contribution in [-0.4, -0.2) is 32.2 Å². The second-order valence-electron chi connectivity index (χ2n) is 6.98. The lowest BCUT2D eigenvalue weighted by molar-refractivity contribution is 0.104. The van der Waals surface area contributed by atoms with Gasteiger partial charge in [0.05, 0.1) is 21.3 Å². The van der Waals surface area contributed by atoms with Crippen LogP contribution in [0.1, 0.15) is 27.0 Å². The number of methoxy groups -OCH3 is 3. The van der Waals surface area contributed by atoms with Gasteiger partial charge in [0.1, 0.15) is 28.6 Å².